The van der Waals surface area contributed by atoms with Crippen LogP contribution in [0, 0.1) is 0 Å². The molecule has 1 fully saturated rings. The fourth-order valence-electron chi connectivity index (χ4n) is 2.88. The van der Waals surface area contributed by atoms with Gasteiger partial charge in [-0.25, -0.2) is 9.97 Å². The minimum atomic E-state index is 0.200. The van der Waals surface area contributed by atoms with Gasteiger partial charge in [0.2, 0.25) is 5.91 Å². The fourth-order valence-corrected chi connectivity index (χ4v) is 3.98. The summed E-state index contributed by atoms with van der Waals surface area (Å²) >= 11 is 1.74. The summed E-state index contributed by atoms with van der Waals surface area (Å²) in [6.07, 6.45) is 5.80. The number of piperidine rings is 1. The number of carbonyl (C=O) groups is 1. The van der Waals surface area contributed by atoms with E-state index in [9.17, 15) is 4.79 Å². The van der Waals surface area contributed by atoms with Crippen LogP contribution in [0.2, 0.25) is 0 Å². The number of aromatic nitrogens is 4. The van der Waals surface area contributed by atoms with Crippen molar-refractivity contribution in [2.45, 2.75) is 51.5 Å². The Hall–Kier alpha value is -1.76. The molecule has 0 unspecified atom stereocenters. The van der Waals surface area contributed by atoms with E-state index in [0.717, 1.165) is 25.9 Å². The Morgan fingerprint density at radius 1 is 1.48 bits per heavy atom. The van der Waals surface area contributed by atoms with Gasteiger partial charge >= 0.3 is 0 Å². The van der Waals surface area contributed by atoms with Crippen molar-refractivity contribution in [2.75, 3.05) is 13.1 Å². The van der Waals surface area contributed by atoms with Crippen LogP contribution in [0.3, 0.4) is 0 Å². The number of carbonyl (C=O) groups excluding carboxylic acids is 1. The molecule has 1 aliphatic rings. The van der Waals surface area contributed by atoms with Gasteiger partial charge in [-0.1, -0.05) is 13.8 Å². The highest BCUT2D eigenvalue weighted by atomic mass is 32.1. The molecule has 7 heteroatoms. The van der Waals surface area contributed by atoms with Gasteiger partial charge in [-0.3, -0.25) is 9.48 Å². The zero-order valence-electron chi connectivity index (χ0n) is 13.7. The number of aryl methyl sites for hydroxylation is 1. The first-order chi connectivity index (χ1) is 11.1. The Kier molecular flexibility index (Phi) is 5.05. The lowest BCUT2D eigenvalue weighted by atomic mass is 9.98. The lowest BCUT2D eigenvalue weighted by Gasteiger charge is -2.32. The second-order valence-corrected chi connectivity index (χ2v) is 7.24. The predicted molar refractivity (Wildman–Crippen MR) is 89.4 cm³/mol. The molecule has 6 nitrogen and oxygen atoms in total. The third kappa shape index (κ3) is 3.96. The zero-order chi connectivity index (χ0) is 16.2. The van der Waals surface area contributed by atoms with Crippen LogP contribution in [0.25, 0.3) is 0 Å². The van der Waals surface area contributed by atoms with E-state index < -0.39 is 0 Å². The summed E-state index contributed by atoms with van der Waals surface area (Å²) in [4.78, 5) is 23.1. The highest BCUT2D eigenvalue weighted by Gasteiger charge is 2.26. The Morgan fingerprint density at radius 3 is 3.04 bits per heavy atom. The van der Waals surface area contributed by atoms with E-state index in [1.54, 1.807) is 22.3 Å². The Bertz CT molecular complexity index is 637. The zero-order valence-corrected chi connectivity index (χ0v) is 14.5. The molecule has 0 radical (unpaired) electrons. The molecule has 1 aliphatic heterocycles. The van der Waals surface area contributed by atoms with Crippen molar-refractivity contribution in [1.82, 2.24) is 24.6 Å². The van der Waals surface area contributed by atoms with Gasteiger partial charge in [0.05, 0.1) is 17.2 Å². The van der Waals surface area contributed by atoms with Crippen molar-refractivity contribution >= 4 is 17.2 Å². The molecule has 2 aromatic heterocycles. The van der Waals surface area contributed by atoms with Gasteiger partial charge in [-0.05, 0) is 18.8 Å². The van der Waals surface area contributed by atoms with Crippen molar-refractivity contribution in [3.63, 3.8) is 0 Å². The van der Waals surface area contributed by atoms with E-state index in [-0.39, 0.29) is 5.91 Å². The molecular formula is C16H23N5OS. The molecular weight excluding hydrogens is 310 g/mol. The van der Waals surface area contributed by atoms with Gasteiger partial charge in [0, 0.05) is 30.8 Å². The largest absolute Gasteiger partial charge is 0.342 e. The Labute approximate surface area is 140 Å². The number of nitrogens with zero attached hydrogens (tertiary/aromatic N) is 5. The molecule has 0 spiro atoms. The number of thiazole rings is 1. The molecule has 2 aromatic rings. The molecule has 0 aromatic carbocycles. The van der Waals surface area contributed by atoms with Crippen molar-refractivity contribution in [1.29, 1.82) is 0 Å². The van der Waals surface area contributed by atoms with Gasteiger partial charge in [0.15, 0.2) is 0 Å². The first-order valence-corrected chi connectivity index (χ1v) is 9.07. The summed E-state index contributed by atoms with van der Waals surface area (Å²) < 4.78 is 1.70. The molecule has 0 bridgehead atoms. The van der Waals surface area contributed by atoms with Gasteiger partial charge in [-0.15, -0.1) is 11.3 Å². The molecule has 0 saturated carbocycles. The molecule has 23 heavy (non-hydrogen) atoms. The van der Waals surface area contributed by atoms with Crippen molar-refractivity contribution in [3.8, 4) is 0 Å². The highest BCUT2D eigenvalue weighted by molar-refractivity contribution is 7.09. The van der Waals surface area contributed by atoms with Crippen molar-refractivity contribution in [3.05, 3.63) is 28.7 Å². The number of hydrogen-bond donors (Lipinski definition) is 0. The van der Waals surface area contributed by atoms with Crippen LogP contribution in [0.1, 0.15) is 55.6 Å². The lowest BCUT2D eigenvalue weighted by Crippen LogP contribution is -2.39. The SMILES string of the molecule is CC(C)c1csc([C@@H]2CCCN(C(=O)CCn3cncn3)C2)n1. The summed E-state index contributed by atoms with van der Waals surface area (Å²) in [5.41, 5.74) is 1.17. The van der Waals surface area contributed by atoms with E-state index in [1.807, 2.05) is 4.90 Å². The van der Waals surface area contributed by atoms with Gasteiger partial charge in [0.25, 0.3) is 0 Å². The van der Waals surface area contributed by atoms with Crippen LogP contribution in [0.4, 0.5) is 0 Å². The normalized spacial score (nSPS) is 18.6. The monoisotopic (exact) mass is 333 g/mol. The quantitative estimate of drug-likeness (QED) is 0.844. The van der Waals surface area contributed by atoms with Crippen LogP contribution in [0.5, 0.6) is 0 Å². The van der Waals surface area contributed by atoms with Crippen LogP contribution < -0.4 is 0 Å². The standard InChI is InChI=1S/C16H23N5OS/c1-12(2)14-9-23-16(19-14)13-4-3-6-20(8-13)15(22)5-7-21-11-17-10-18-21/h9-13H,3-8H2,1-2H3/t13-/m1/s1. The molecule has 3 rings (SSSR count). The maximum absolute atomic E-state index is 12.4. The number of rotatable bonds is 5. The minimum Gasteiger partial charge on any atom is -0.342 e. The first-order valence-electron chi connectivity index (χ1n) is 8.19. The molecule has 1 atom stereocenters. The topological polar surface area (TPSA) is 63.9 Å². The molecule has 124 valence electrons. The highest BCUT2D eigenvalue weighted by Crippen LogP contribution is 2.31. The van der Waals surface area contributed by atoms with Crippen LogP contribution in [-0.2, 0) is 11.3 Å². The average Bonchev–Trinajstić information content (AvgIpc) is 3.24. The molecule has 1 saturated heterocycles. The van der Waals surface area contributed by atoms with Gasteiger partial charge in [0.1, 0.15) is 12.7 Å². The number of hydrogen-bond acceptors (Lipinski definition) is 5. The Balaban J connectivity index is 1.57. The van der Waals surface area contributed by atoms with Crippen LogP contribution in [0.15, 0.2) is 18.0 Å². The predicted octanol–water partition coefficient (Wildman–Crippen LogP) is 2.65. The third-order valence-electron chi connectivity index (χ3n) is 4.28. The Morgan fingerprint density at radius 2 is 2.35 bits per heavy atom. The summed E-state index contributed by atoms with van der Waals surface area (Å²) in [6.45, 7) is 6.57. The van der Waals surface area contributed by atoms with E-state index >= 15 is 0 Å². The van der Waals surface area contributed by atoms with Crippen molar-refractivity contribution in [2.24, 2.45) is 0 Å². The second-order valence-electron chi connectivity index (χ2n) is 6.35. The average molecular weight is 333 g/mol. The molecule has 0 N–H and O–H groups in total. The number of likely N-dealkylation sites (tertiary alicyclic amines) is 1. The van der Waals surface area contributed by atoms with E-state index in [4.69, 9.17) is 4.98 Å². The van der Waals surface area contributed by atoms with E-state index in [1.165, 1.54) is 17.0 Å². The molecule has 3 heterocycles. The summed E-state index contributed by atoms with van der Waals surface area (Å²) in [7, 11) is 0. The van der Waals surface area contributed by atoms with Crippen LogP contribution in [-0.4, -0.2) is 43.6 Å². The summed E-state index contributed by atoms with van der Waals surface area (Å²) in [5, 5.41) is 7.38. The lowest BCUT2D eigenvalue weighted by molar-refractivity contribution is -0.132. The van der Waals surface area contributed by atoms with E-state index in [0.29, 0.717) is 24.8 Å². The third-order valence-corrected chi connectivity index (χ3v) is 5.30. The van der Waals surface area contributed by atoms with Gasteiger partial charge < -0.3 is 4.90 Å². The maximum atomic E-state index is 12.4. The first kappa shape index (κ1) is 16.1. The van der Waals surface area contributed by atoms with Gasteiger partial charge in [-0.2, -0.15) is 5.10 Å². The van der Waals surface area contributed by atoms with Crippen LogP contribution >= 0.6 is 11.3 Å². The fraction of sp³-hybridized carbons (Fsp3) is 0.625. The molecule has 1 amide bonds. The molecule has 0 aliphatic carbocycles. The minimum absolute atomic E-state index is 0.200. The van der Waals surface area contributed by atoms with E-state index in [2.05, 4.69) is 29.3 Å². The number of amides is 1. The smallest absolute Gasteiger partial charge is 0.224 e. The van der Waals surface area contributed by atoms with Crippen molar-refractivity contribution < 1.29 is 4.79 Å². The summed E-state index contributed by atoms with van der Waals surface area (Å²) in [6, 6.07) is 0. The second kappa shape index (κ2) is 7.21. The summed E-state index contributed by atoms with van der Waals surface area (Å²) in [5.74, 6) is 1.05. The maximum Gasteiger partial charge on any atom is 0.224 e.